The number of carbonyl (C=O) groups excluding carboxylic acids is 1. The molecule has 0 spiro atoms. The molecule has 0 aliphatic heterocycles. The van der Waals surface area contributed by atoms with Gasteiger partial charge in [-0.25, -0.2) is 4.98 Å². The van der Waals surface area contributed by atoms with Crippen LogP contribution >= 0.6 is 0 Å². The van der Waals surface area contributed by atoms with E-state index in [2.05, 4.69) is 15.6 Å². The van der Waals surface area contributed by atoms with E-state index in [4.69, 9.17) is 0 Å². The van der Waals surface area contributed by atoms with E-state index in [1.807, 2.05) is 44.6 Å². The van der Waals surface area contributed by atoms with Crippen LogP contribution in [0.25, 0.3) is 11.0 Å². The van der Waals surface area contributed by atoms with Gasteiger partial charge >= 0.3 is 0 Å². The summed E-state index contributed by atoms with van der Waals surface area (Å²) in [4.78, 5) is 16.8. The van der Waals surface area contributed by atoms with Crippen LogP contribution in [0.5, 0.6) is 0 Å². The fourth-order valence-electron chi connectivity index (χ4n) is 2.24. The predicted molar refractivity (Wildman–Crippen MR) is 77.6 cm³/mol. The van der Waals surface area contributed by atoms with Gasteiger partial charge in [0.15, 0.2) is 0 Å². The fraction of sp³-hybridized carbons (Fsp3) is 0.429. The van der Waals surface area contributed by atoms with E-state index >= 15 is 0 Å². The van der Waals surface area contributed by atoms with Crippen molar-refractivity contribution in [1.29, 1.82) is 0 Å². The van der Waals surface area contributed by atoms with Crippen LogP contribution in [0.4, 0.5) is 5.69 Å². The Morgan fingerprint density at radius 1 is 1.42 bits per heavy atom. The summed E-state index contributed by atoms with van der Waals surface area (Å²) in [5.41, 5.74) is 3.23. The van der Waals surface area contributed by atoms with Gasteiger partial charge < -0.3 is 15.2 Å². The second-order valence-corrected chi connectivity index (χ2v) is 4.61. The second kappa shape index (κ2) is 5.30. The first kappa shape index (κ1) is 13.4. The van der Waals surface area contributed by atoms with Crippen molar-refractivity contribution in [2.75, 3.05) is 18.9 Å². The molecule has 5 nitrogen and oxygen atoms in total. The molecule has 0 bridgehead atoms. The molecule has 2 heterocycles. The third-order valence-electron chi connectivity index (χ3n) is 3.17. The van der Waals surface area contributed by atoms with Gasteiger partial charge in [0.2, 0.25) is 0 Å². The van der Waals surface area contributed by atoms with Gasteiger partial charge in [0.1, 0.15) is 11.3 Å². The Bertz CT molecular complexity index is 615. The van der Waals surface area contributed by atoms with Crippen molar-refractivity contribution < 1.29 is 4.79 Å². The lowest BCUT2D eigenvalue weighted by molar-refractivity contribution is 0.0947. The van der Waals surface area contributed by atoms with Crippen molar-refractivity contribution in [2.45, 2.75) is 20.3 Å². The van der Waals surface area contributed by atoms with Crippen LogP contribution < -0.4 is 10.6 Å². The highest BCUT2D eigenvalue weighted by Crippen LogP contribution is 2.29. The molecular weight excluding hydrogens is 240 g/mol. The minimum atomic E-state index is -0.0654. The highest BCUT2D eigenvalue weighted by Gasteiger charge is 2.20. The maximum Gasteiger partial charge on any atom is 0.270 e. The number of anilines is 1. The van der Waals surface area contributed by atoms with E-state index in [9.17, 15) is 4.79 Å². The molecule has 1 amide bonds. The lowest BCUT2D eigenvalue weighted by atomic mass is 10.2. The number of hydrogen-bond acceptors (Lipinski definition) is 3. The topological polar surface area (TPSA) is 59.0 Å². The maximum absolute atomic E-state index is 12.3. The van der Waals surface area contributed by atoms with Gasteiger partial charge in [-0.05, 0) is 25.5 Å². The predicted octanol–water partition coefficient (Wildman–Crippen LogP) is 2.06. The first-order valence-electron chi connectivity index (χ1n) is 6.52. The number of aromatic nitrogens is 2. The number of fused-ring (bicyclic) bond motifs is 1. The van der Waals surface area contributed by atoms with E-state index < -0.39 is 0 Å². The van der Waals surface area contributed by atoms with Gasteiger partial charge in [0, 0.05) is 31.7 Å². The molecule has 0 saturated heterocycles. The zero-order valence-electron chi connectivity index (χ0n) is 11.9. The molecule has 0 radical (unpaired) electrons. The number of hydrogen-bond donors (Lipinski definition) is 2. The third-order valence-corrected chi connectivity index (χ3v) is 3.17. The van der Waals surface area contributed by atoms with Gasteiger partial charge in [-0.2, -0.15) is 0 Å². The summed E-state index contributed by atoms with van der Waals surface area (Å²) in [5.74, 6) is -0.0654. The molecular formula is C14H20N4O. The Hall–Kier alpha value is -2.04. The molecule has 0 aromatic carbocycles. The van der Waals surface area contributed by atoms with E-state index in [1.54, 1.807) is 0 Å². The standard InChI is InChI=1S/C14H20N4O/c1-5-8-16-14(19)12-11(15-3)10-7-6-9(2)17-13(10)18(12)4/h6-7,15H,5,8H2,1-4H3,(H,16,19). The number of rotatable bonds is 4. The highest BCUT2D eigenvalue weighted by molar-refractivity contribution is 6.07. The number of nitrogens with zero attached hydrogens (tertiary/aromatic N) is 2. The van der Waals surface area contributed by atoms with Crippen LogP contribution in [-0.4, -0.2) is 29.1 Å². The van der Waals surface area contributed by atoms with Crippen molar-refractivity contribution in [1.82, 2.24) is 14.9 Å². The van der Waals surface area contributed by atoms with Gasteiger partial charge in [-0.3, -0.25) is 4.79 Å². The number of nitrogens with one attached hydrogen (secondary N) is 2. The summed E-state index contributed by atoms with van der Waals surface area (Å²) < 4.78 is 1.85. The van der Waals surface area contributed by atoms with Gasteiger partial charge in [0.25, 0.3) is 5.91 Å². The minimum absolute atomic E-state index is 0.0654. The molecule has 19 heavy (non-hydrogen) atoms. The van der Waals surface area contributed by atoms with Crippen LogP contribution in [-0.2, 0) is 7.05 Å². The Kier molecular flexibility index (Phi) is 3.74. The zero-order chi connectivity index (χ0) is 14.0. The van der Waals surface area contributed by atoms with Crippen LogP contribution in [0.3, 0.4) is 0 Å². The highest BCUT2D eigenvalue weighted by atomic mass is 16.1. The maximum atomic E-state index is 12.3. The van der Waals surface area contributed by atoms with Gasteiger partial charge in [0.05, 0.1) is 5.69 Å². The van der Waals surface area contributed by atoms with E-state index in [0.29, 0.717) is 12.2 Å². The summed E-state index contributed by atoms with van der Waals surface area (Å²) in [6, 6.07) is 3.96. The Morgan fingerprint density at radius 3 is 2.79 bits per heavy atom. The quantitative estimate of drug-likeness (QED) is 0.884. The normalized spacial score (nSPS) is 10.7. The molecule has 0 aliphatic rings. The molecule has 0 atom stereocenters. The average molecular weight is 260 g/mol. The van der Waals surface area contributed by atoms with Gasteiger partial charge in [-0.1, -0.05) is 6.92 Å². The largest absolute Gasteiger partial charge is 0.386 e. The Labute approximate surface area is 113 Å². The first-order chi connectivity index (χ1) is 9.10. The van der Waals surface area contributed by atoms with Crippen LogP contribution in [0, 0.1) is 6.92 Å². The Morgan fingerprint density at radius 2 is 2.16 bits per heavy atom. The number of amides is 1. The molecule has 0 unspecified atom stereocenters. The molecule has 0 fully saturated rings. The molecule has 102 valence electrons. The number of aryl methyl sites for hydroxylation is 2. The molecule has 0 saturated carbocycles. The summed E-state index contributed by atoms with van der Waals surface area (Å²) in [6.07, 6.45) is 0.919. The van der Waals surface area contributed by atoms with E-state index in [0.717, 1.165) is 28.8 Å². The molecule has 2 aromatic rings. The average Bonchev–Trinajstić information content (AvgIpc) is 2.68. The summed E-state index contributed by atoms with van der Waals surface area (Å²) in [6.45, 7) is 4.66. The number of pyridine rings is 1. The van der Waals surface area contributed by atoms with E-state index in [1.165, 1.54) is 0 Å². The molecule has 0 aliphatic carbocycles. The Balaban J connectivity index is 2.59. The SMILES string of the molecule is CCCNC(=O)c1c(NC)c2ccc(C)nc2n1C. The van der Waals surface area contributed by atoms with Crippen molar-refractivity contribution in [3.05, 3.63) is 23.5 Å². The van der Waals surface area contributed by atoms with Crippen molar-refractivity contribution in [3.63, 3.8) is 0 Å². The lowest BCUT2D eigenvalue weighted by Gasteiger charge is -2.07. The summed E-state index contributed by atoms with van der Waals surface area (Å²) in [5, 5.41) is 7.00. The van der Waals surface area contributed by atoms with E-state index in [-0.39, 0.29) is 5.91 Å². The molecule has 2 aromatic heterocycles. The van der Waals surface area contributed by atoms with Crippen molar-refractivity contribution in [2.24, 2.45) is 7.05 Å². The zero-order valence-corrected chi connectivity index (χ0v) is 11.9. The lowest BCUT2D eigenvalue weighted by Crippen LogP contribution is -2.26. The number of carbonyl (C=O) groups is 1. The van der Waals surface area contributed by atoms with Crippen molar-refractivity contribution >= 4 is 22.6 Å². The minimum Gasteiger partial charge on any atom is -0.386 e. The monoisotopic (exact) mass is 260 g/mol. The van der Waals surface area contributed by atoms with Crippen LogP contribution in [0.1, 0.15) is 29.5 Å². The molecule has 5 heteroatoms. The van der Waals surface area contributed by atoms with Gasteiger partial charge in [-0.15, -0.1) is 0 Å². The first-order valence-corrected chi connectivity index (χ1v) is 6.52. The summed E-state index contributed by atoms with van der Waals surface area (Å²) in [7, 11) is 3.70. The van der Waals surface area contributed by atoms with Crippen molar-refractivity contribution in [3.8, 4) is 0 Å². The molecule has 2 rings (SSSR count). The smallest absolute Gasteiger partial charge is 0.270 e. The summed E-state index contributed by atoms with van der Waals surface area (Å²) >= 11 is 0. The molecule has 2 N–H and O–H groups in total. The third kappa shape index (κ3) is 2.28. The fourth-order valence-corrected chi connectivity index (χ4v) is 2.24. The second-order valence-electron chi connectivity index (χ2n) is 4.61. The van der Waals surface area contributed by atoms with Crippen LogP contribution in [0.15, 0.2) is 12.1 Å². The van der Waals surface area contributed by atoms with Crippen LogP contribution in [0.2, 0.25) is 0 Å².